The summed E-state index contributed by atoms with van der Waals surface area (Å²) in [6.45, 7) is 11.8. The van der Waals surface area contributed by atoms with E-state index in [1.165, 1.54) is 4.90 Å². The minimum Gasteiger partial charge on any atom is -0.481 e. The number of ether oxygens (including phenoxy) is 2. The summed E-state index contributed by atoms with van der Waals surface area (Å²) in [7, 11) is 0. The van der Waals surface area contributed by atoms with Gasteiger partial charge in [-0.1, -0.05) is 0 Å². The lowest BCUT2D eigenvalue weighted by molar-refractivity contribution is -0.137. The lowest BCUT2D eigenvalue weighted by Gasteiger charge is -2.28. The van der Waals surface area contributed by atoms with Crippen LogP contribution >= 0.6 is 0 Å². The zero-order valence-electron chi connectivity index (χ0n) is 13.4. The van der Waals surface area contributed by atoms with Gasteiger partial charge in [0.25, 0.3) is 0 Å². The molecule has 1 N–H and O–H groups in total. The molecular formula is C14H27NO5. The minimum absolute atomic E-state index is 0.109. The lowest BCUT2D eigenvalue weighted by atomic mass is 10.2. The summed E-state index contributed by atoms with van der Waals surface area (Å²) in [5.41, 5.74) is -0.907. The summed E-state index contributed by atoms with van der Waals surface area (Å²) in [4.78, 5) is 24.0. The molecule has 0 radical (unpaired) electrons. The van der Waals surface area contributed by atoms with Crippen molar-refractivity contribution in [1.29, 1.82) is 0 Å². The van der Waals surface area contributed by atoms with Crippen molar-refractivity contribution in [3.8, 4) is 0 Å². The van der Waals surface area contributed by atoms with Crippen LogP contribution in [0.15, 0.2) is 0 Å². The second-order valence-electron chi connectivity index (χ2n) is 6.57. The van der Waals surface area contributed by atoms with E-state index in [-0.39, 0.29) is 18.6 Å². The fourth-order valence-electron chi connectivity index (χ4n) is 1.31. The number of aliphatic carboxylic acids is 1. The Labute approximate surface area is 121 Å². The number of rotatable bonds is 6. The fourth-order valence-corrected chi connectivity index (χ4v) is 1.31. The Kier molecular flexibility index (Phi) is 6.99. The molecule has 0 aromatic rings. The molecule has 0 spiro atoms. The van der Waals surface area contributed by atoms with Gasteiger partial charge in [0.1, 0.15) is 5.60 Å². The van der Waals surface area contributed by atoms with Crippen LogP contribution in [0.5, 0.6) is 0 Å². The van der Waals surface area contributed by atoms with Gasteiger partial charge in [-0.05, 0) is 41.5 Å². The van der Waals surface area contributed by atoms with Crippen molar-refractivity contribution in [2.75, 3.05) is 19.7 Å². The van der Waals surface area contributed by atoms with Gasteiger partial charge < -0.3 is 19.5 Å². The first-order valence-corrected chi connectivity index (χ1v) is 6.74. The topological polar surface area (TPSA) is 76.1 Å². The summed E-state index contributed by atoms with van der Waals surface area (Å²) in [6, 6.07) is 0. The first-order valence-electron chi connectivity index (χ1n) is 6.74. The number of carbonyl (C=O) groups excluding carboxylic acids is 1. The van der Waals surface area contributed by atoms with Gasteiger partial charge in [-0.2, -0.15) is 0 Å². The van der Waals surface area contributed by atoms with Crippen LogP contribution in [0.4, 0.5) is 4.79 Å². The molecule has 0 heterocycles. The number of carboxylic acids is 1. The predicted molar refractivity (Wildman–Crippen MR) is 75.8 cm³/mol. The molecule has 0 aliphatic rings. The van der Waals surface area contributed by atoms with Crippen LogP contribution in [0.2, 0.25) is 0 Å². The third kappa shape index (κ3) is 10.6. The van der Waals surface area contributed by atoms with E-state index in [0.717, 1.165) is 0 Å². The molecule has 0 unspecified atom stereocenters. The van der Waals surface area contributed by atoms with Gasteiger partial charge >= 0.3 is 12.1 Å². The lowest BCUT2D eigenvalue weighted by Crippen LogP contribution is -2.40. The Morgan fingerprint density at radius 2 is 1.55 bits per heavy atom. The molecule has 0 aliphatic heterocycles. The minimum atomic E-state index is -0.949. The summed E-state index contributed by atoms with van der Waals surface area (Å²) < 4.78 is 10.8. The largest absolute Gasteiger partial charge is 0.481 e. The Bertz CT molecular complexity index is 327. The van der Waals surface area contributed by atoms with Gasteiger partial charge in [0.15, 0.2) is 0 Å². The van der Waals surface area contributed by atoms with Gasteiger partial charge in [0.05, 0.1) is 18.6 Å². The van der Waals surface area contributed by atoms with E-state index in [2.05, 4.69) is 0 Å². The van der Waals surface area contributed by atoms with Crippen LogP contribution in [-0.4, -0.2) is 53.0 Å². The van der Waals surface area contributed by atoms with E-state index in [1.54, 1.807) is 20.8 Å². The molecule has 0 aromatic carbocycles. The highest BCUT2D eigenvalue weighted by molar-refractivity contribution is 5.70. The number of hydrogen-bond acceptors (Lipinski definition) is 4. The standard InChI is InChI=1S/C14H27NO5/c1-13(2,3)19-10-9-15(8-7-11(16)17)12(18)20-14(4,5)6/h7-10H2,1-6H3,(H,16,17). The van der Waals surface area contributed by atoms with Crippen molar-refractivity contribution < 1.29 is 24.2 Å². The Morgan fingerprint density at radius 1 is 1.00 bits per heavy atom. The predicted octanol–water partition coefficient (Wildman–Crippen LogP) is 2.51. The van der Waals surface area contributed by atoms with Crippen molar-refractivity contribution in [3.05, 3.63) is 0 Å². The number of amides is 1. The van der Waals surface area contributed by atoms with Crippen LogP contribution in [0, 0.1) is 0 Å². The van der Waals surface area contributed by atoms with Crippen molar-refractivity contribution in [2.45, 2.75) is 59.2 Å². The molecule has 0 bridgehead atoms. The fraction of sp³-hybridized carbons (Fsp3) is 0.857. The van der Waals surface area contributed by atoms with Crippen LogP contribution in [0.3, 0.4) is 0 Å². The first kappa shape index (κ1) is 18.7. The van der Waals surface area contributed by atoms with Crippen molar-refractivity contribution >= 4 is 12.1 Å². The first-order chi connectivity index (χ1) is 8.91. The second kappa shape index (κ2) is 7.47. The highest BCUT2D eigenvalue weighted by atomic mass is 16.6. The highest BCUT2D eigenvalue weighted by Gasteiger charge is 2.23. The molecule has 0 saturated carbocycles. The summed E-state index contributed by atoms with van der Waals surface area (Å²) >= 11 is 0. The molecule has 0 aromatic heterocycles. The maximum absolute atomic E-state index is 12.0. The summed E-state index contributed by atoms with van der Waals surface area (Å²) in [5.74, 6) is -0.949. The monoisotopic (exact) mass is 289 g/mol. The third-order valence-corrected chi connectivity index (χ3v) is 2.14. The van der Waals surface area contributed by atoms with Crippen LogP contribution < -0.4 is 0 Å². The van der Waals surface area contributed by atoms with Gasteiger partial charge in [0.2, 0.25) is 0 Å². The van der Waals surface area contributed by atoms with Crippen molar-refractivity contribution in [3.63, 3.8) is 0 Å². The third-order valence-electron chi connectivity index (χ3n) is 2.14. The van der Waals surface area contributed by atoms with E-state index in [4.69, 9.17) is 14.6 Å². The average molecular weight is 289 g/mol. The zero-order chi connectivity index (χ0) is 16.0. The Hall–Kier alpha value is -1.30. The van der Waals surface area contributed by atoms with E-state index in [1.807, 2.05) is 20.8 Å². The summed E-state index contributed by atoms with van der Waals surface area (Å²) in [6.07, 6.45) is -0.634. The normalized spacial score (nSPS) is 12.1. The highest BCUT2D eigenvalue weighted by Crippen LogP contribution is 2.11. The molecule has 0 atom stereocenters. The van der Waals surface area contributed by atoms with E-state index in [0.29, 0.717) is 13.2 Å². The molecule has 6 nitrogen and oxygen atoms in total. The van der Waals surface area contributed by atoms with Crippen molar-refractivity contribution in [2.24, 2.45) is 0 Å². The number of hydrogen-bond donors (Lipinski definition) is 1. The molecule has 1 amide bonds. The second-order valence-corrected chi connectivity index (χ2v) is 6.57. The Morgan fingerprint density at radius 3 is 1.95 bits per heavy atom. The maximum atomic E-state index is 12.0. The van der Waals surface area contributed by atoms with Crippen LogP contribution in [-0.2, 0) is 14.3 Å². The molecule has 0 aliphatic carbocycles. The van der Waals surface area contributed by atoms with E-state index >= 15 is 0 Å². The number of carboxylic acid groups (broad SMARTS) is 1. The molecular weight excluding hydrogens is 262 g/mol. The van der Waals surface area contributed by atoms with Gasteiger partial charge in [-0.3, -0.25) is 4.79 Å². The zero-order valence-corrected chi connectivity index (χ0v) is 13.4. The number of nitrogens with zero attached hydrogens (tertiary/aromatic N) is 1. The SMILES string of the molecule is CC(C)(C)OCCN(CCC(=O)O)C(=O)OC(C)(C)C. The number of carbonyl (C=O) groups is 2. The van der Waals surface area contributed by atoms with E-state index in [9.17, 15) is 9.59 Å². The molecule has 0 fully saturated rings. The average Bonchev–Trinajstić information content (AvgIpc) is 2.18. The van der Waals surface area contributed by atoms with Gasteiger partial charge in [-0.15, -0.1) is 0 Å². The van der Waals surface area contributed by atoms with Crippen LogP contribution in [0.1, 0.15) is 48.0 Å². The molecule has 6 heteroatoms. The summed E-state index contributed by atoms with van der Waals surface area (Å²) in [5, 5.41) is 8.72. The molecule has 0 saturated heterocycles. The van der Waals surface area contributed by atoms with Crippen molar-refractivity contribution in [1.82, 2.24) is 4.90 Å². The van der Waals surface area contributed by atoms with E-state index < -0.39 is 17.7 Å². The smallest absolute Gasteiger partial charge is 0.410 e. The van der Waals surface area contributed by atoms with Gasteiger partial charge in [-0.25, -0.2) is 4.79 Å². The molecule has 20 heavy (non-hydrogen) atoms. The van der Waals surface area contributed by atoms with Crippen LogP contribution in [0.25, 0.3) is 0 Å². The quantitative estimate of drug-likeness (QED) is 0.813. The van der Waals surface area contributed by atoms with Gasteiger partial charge in [0, 0.05) is 13.1 Å². The maximum Gasteiger partial charge on any atom is 0.410 e. The Balaban J connectivity index is 4.48. The molecule has 118 valence electrons. The molecule has 0 rings (SSSR count).